The maximum Gasteiger partial charge on any atom is 0.176 e. The Morgan fingerprint density at radius 2 is 1.89 bits per heavy atom. The lowest BCUT2D eigenvalue weighted by atomic mass is 9.99. The van der Waals surface area contributed by atoms with Crippen LogP contribution in [0.3, 0.4) is 0 Å². The Morgan fingerprint density at radius 3 is 2.39 bits per heavy atom. The highest BCUT2D eigenvalue weighted by molar-refractivity contribution is 7.18. The zero-order valence-electron chi connectivity index (χ0n) is 10.1. The van der Waals surface area contributed by atoms with Gasteiger partial charge in [0.25, 0.3) is 0 Å². The minimum absolute atomic E-state index is 0.0940. The number of thiophene rings is 1. The molecule has 0 bridgehead atoms. The van der Waals surface area contributed by atoms with Gasteiger partial charge in [-0.2, -0.15) is 0 Å². The average molecular weight is 277 g/mol. The van der Waals surface area contributed by atoms with Gasteiger partial charge in [-0.25, -0.2) is 0 Å². The minimum Gasteiger partial charge on any atom is -0.293 e. The Balaban J connectivity index is 1.84. The molecule has 1 aromatic carbocycles. The van der Waals surface area contributed by atoms with Crippen LogP contribution in [0.15, 0.2) is 30.3 Å². The van der Waals surface area contributed by atoms with Gasteiger partial charge in [0.15, 0.2) is 5.78 Å². The molecule has 18 heavy (non-hydrogen) atoms. The first kappa shape index (κ1) is 11.9. The third-order valence-corrected chi connectivity index (χ3v) is 5.09. The molecule has 0 N–H and O–H groups in total. The van der Waals surface area contributed by atoms with E-state index in [0.717, 1.165) is 27.6 Å². The van der Waals surface area contributed by atoms with Gasteiger partial charge in [-0.15, -0.1) is 11.3 Å². The van der Waals surface area contributed by atoms with Crippen molar-refractivity contribution in [2.75, 3.05) is 0 Å². The molecule has 1 nitrogen and oxygen atoms in total. The van der Waals surface area contributed by atoms with Crippen molar-refractivity contribution in [2.45, 2.75) is 19.8 Å². The summed E-state index contributed by atoms with van der Waals surface area (Å²) in [7, 11) is 0. The van der Waals surface area contributed by atoms with E-state index in [0.29, 0.717) is 0 Å². The summed E-state index contributed by atoms with van der Waals surface area (Å²) in [5.41, 5.74) is 3.63. The summed E-state index contributed by atoms with van der Waals surface area (Å²) in [4.78, 5) is 13.2. The van der Waals surface area contributed by atoms with Gasteiger partial charge in [-0.05, 0) is 42.5 Å². The van der Waals surface area contributed by atoms with Crippen LogP contribution < -0.4 is 0 Å². The van der Waals surface area contributed by atoms with Crippen LogP contribution in [0.5, 0.6) is 0 Å². The van der Waals surface area contributed by atoms with Crippen molar-refractivity contribution >= 4 is 28.7 Å². The molecule has 0 radical (unpaired) electrons. The highest BCUT2D eigenvalue weighted by atomic mass is 35.5. The van der Waals surface area contributed by atoms with Crippen LogP contribution in [-0.2, 0) is 12.8 Å². The van der Waals surface area contributed by atoms with Crippen molar-refractivity contribution in [1.82, 2.24) is 0 Å². The highest BCUT2D eigenvalue weighted by Gasteiger charge is 2.28. The molecule has 2 aromatic rings. The number of fused-ring (bicyclic) bond motifs is 1. The number of benzene rings is 1. The minimum atomic E-state index is 0.0940. The lowest BCUT2D eigenvalue weighted by Crippen LogP contribution is -2.13. The van der Waals surface area contributed by atoms with Crippen LogP contribution in [0, 0.1) is 12.8 Å². The van der Waals surface area contributed by atoms with Crippen LogP contribution in [0.2, 0.25) is 4.34 Å². The van der Waals surface area contributed by atoms with E-state index in [9.17, 15) is 4.79 Å². The average Bonchev–Trinajstić information content (AvgIpc) is 2.93. The summed E-state index contributed by atoms with van der Waals surface area (Å²) in [6, 6.07) is 10.2. The fourth-order valence-corrected chi connectivity index (χ4v) is 3.75. The maximum atomic E-state index is 12.4. The molecule has 1 aliphatic rings. The Labute approximate surface area is 115 Å². The molecule has 0 amide bonds. The zero-order valence-corrected chi connectivity index (χ0v) is 11.6. The van der Waals surface area contributed by atoms with Gasteiger partial charge in [-0.1, -0.05) is 35.9 Å². The van der Waals surface area contributed by atoms with Crippen LogP contribution in [0.25, 0.3) is 0 Å². The molecule has 92 valence electrons. The SMILES string of the molecule is Cc1cc(C(=O)C2Cc3ccccc3C2)sc1Cl. The molecule has 0 spiro atoms. The van der Waals surface area contributed by atoms with E-state index >= 15 is 0 Å². The molecule has 3 rings (SSSR count). The molecule has 1 aliphatic carbocycles. The first-order valence-corrected chi connectivity index (χ1v) is 7.21. The maximum absolute atomic E-state index is 12.4. The van der Waals surface area contributed by atoms with E-state index in [2.05, 4.69) is 12.1 Å². The Hall–Kier alpha value is -1.12. The van der Waals surface area contributed by atoms with Crippen molar-refractivity contribution < 1.29 is 4.79 Å². The number of Topliss-reactive ketones (excluding diaryl/α,β-unsaturated/α-hetero) is 1. The number of carbonyl (C=O) groups is 1. The molecule has 0 aliphatic heterocycles. The molecule has 1 heterocycles. The summed E-state index contributed by atoms with van der Waals surface area (Å²) in [5.74, 6) is 0.336. The van der Waals surface area contributed by atoms with Crippen molar-refractivity contribution in [3.05, 3.63) is 56.2 Å². The third-order valence-electron chi connectivity index (χ3n) is 3.52. The zero-order chi connectivity index (χ0) is 12.7. The number of ketones is 1. The first-order valence-electron chi connectivity index (χ1n) is 6.02. The number of carbonyl (C=O) groups excluding carboxylic acids is 1. The predicted molar refractivity (Wildman–Crippen MR) is 75.7 cm³/mol. The normalized spacial score (nSPS) is 14.8. The van der Waals surface area contributed by atoms with Gasteiger partial charge in [0.2, 0.25) is 0 Å². The summed E-state index contributed by atoms with van der Waals surface area (Å²) in [6.45, 7) is 1.94. The van der Waals surface area contributed by atoms with Gasteiger partial charge in [0.1, 0.15) is 0 Å². The standard InChI is InChI=1S/C15H13ClOS/c1-9-6-13(18-15(9)16)14(17)12-7-10-4-2-3-5-11(10)8-12/h2-6,12H,7-8H2,1H3. The highest BCUT2D eigenvalue weighted by Crippen LogP contribution is 2.33. The van der Waals surface area contributed by atoms with E-state index in [-0.39, 0.29) is 11.7 Å². The van der Waals surface area contributed by atoms with E-state index in [4.69, 9.17) is 11.6 Å². The van der Waals surface area contributed by atoms with Gasteiger partial charge in [-0.3, -0.25) is 4.79 Å². The van der Waals surface area contributed by atoms with Gasteiger partial charge in [0.05, 0.1) is 9.21 Å². The van der Waals surface area contributed by atoms with Crippen LogP contribution in [0.1, 0.15) is 26.4 Å². The summed E-state index contributed by atoms with van der Waals surface area (Å²) in [6.07, 6.45) is 1.73. The van der Waals surface area contributed by atoms with E-state index < -0.39 is 0 Å². The number of halogens is 1. The number of aryl methyl sites for hydroxylation is 1. The molecule has 0 atom stereocenters. The van der Waals surface area contributed by atoms with Crippen molar-refractivity contribution in [2.24, 2.45) is 5.92 Å². The number of hydrogen-bond acceptors (Lipinski definition) is 2. The second kappa shape index (κ2) is 4.52. The Kier molecular flexibility index (Phi) is 3.00. The summed E-state index contributed by atoms with van der Waals surface area (Å²) in [5, 5.41) is 0. The molecular formula is C15H13ClOS. The molecule has 1 aromatic heterocycles. The van der Waals surface area contributed by atoms with Crippen LogP contribution in [-0.4, -0.2) is 5.78 Å². The fraction of sp³-hybridized carbons (Fsp3) is 0.267. The van der Waals surface area contributed by atoms with E-state index in [1.807, 2.05) is 25.1 Å². The largest absolute Gasteiger partial charge is 0.293 e. The second-order valence-corrected chi connectivity index (χ2v) is 6.46. The van der Waals surface area contributed by atoms with Gasteiger partial charge >= 0.3 is 0 Å². The first-order chi connectivity index (χ1) is 8.65. The number of hydrogen-bond donors (Lipinski definition) is 0. The Morgan fingerprint density at radius 1 is 1.28 bits per heavy atom. The third kappa shape index (κ3) is 2.00. The van der Waals surface area contributed by atoms with Crippen molar-refractivity contribution in [3.63, 3.8) is 0 Å². The van der Waals surface area contributed by atoms with Crippen LogP contribution >= 0.6 is 22.9 Å². The molecular weight excluding hydrogens is 264 g/mol. The lowest BCUT2D eigenvalue weighted by Gasteiger charge is -2.05. The lowest BCUT2D eigenvalue weighted by molar-refractivity contribution is 0.0929. The molecule has 3 heteroatoms. The molecule has 0 saturated carbocycles. The number of rotatable bonds is 2. The predicted octanol–water partition coefficient (Wildman–Crippen LogP) is 4.31. The topological polar surface area (TPSA) is 17.1 Å². The summed E-state index contributed by atoms with van der Waals surface area (Å²) >= 11 is 7.44. The summed E-state index contributed by atoms with van der Waals surface area (Å²) < 4.78 is 0.730. The second-order valence-electron chi connectivity index (χ2n) is 4.81. The van der Waals surface area contributed by atoms with E-state index in [1.165, 1.54) is 22.5 Å². The van der Waals surface area contributed by atoms with E-state index in [1.54, 1.807) is 0 Å². The van der Waals surface area contributed by atoms with Crippen molar-refractivity contribution in [1.29, 1.82) is 0 Å². The fourth-order valence-electron chi connectivity index (χ4n) is 2.53. The molecule has 0 saturated heterocycles. The monoisotopic (exact) mass is 276 g/mol. The Bertz CT molecular complexity index is 570. The quantitative estimate of drug-likeness (QED) is 0.747. The van der Waals surface area contributed by atoms with Crippen LogP contribution in [0.4, 0.5) is 0 Å². The van der Waals surface area contributed by atoms with Gasteiger partial charge < -0.3 is 0 Å². The smallest absolute Gasteiger partial charge is 0.176 e. The molecule has 0 unspecified atom stereocenters. The van der Waals surface area contributed by atoms with Gasteiger partial charge in [0, 0.05) is 5.92 Å². The van der Waals surface area contributed by atoms with Crippen molar-refractivity contribution in [3.8, 4) is 0 Å². The molecule has 0 fully saturated rings.